The van der Waals surface area contributed by atoms with E-state index in [0.29, 0.717) is 23.4 Å². The van der Waals surface area contributed by atoms with Crippen LogP contribution >= 0.6 is 23.2 Å². The molecule has 0 bridgehead atoms. The topological polar surface area (TPSA) is 34.1 Å². The second-order valence-electron chi connectivity index (χ2n) is 12.9. The Bertz CT molecular complexity index is 1190. The molecule has 0 aromatic heterocycles. The molecule has 4 aliphatic rings. The zero-order valence-corrected chi connectivity index (χ0v) is 25.5. The van der Waals surface area contributed by atoms with E-state index in [2.05, 4.69) is 26.0 Å². The van der Waals surface area contributed by atoms with Crippen molar-refractivity contribution in [1.82, 2.24) is 0 Å². The van der Waals surface area contributed by atoms with E-state index in [1.165, 1.54) is 51.4 Å². The maximum absolute atomic E-state index is 12.9. The lowest BCUT2D eigenvalue weighted by molar-refractivity contribution is -0.131. The van der Waals surface area contributed by atoms with E-state index >= 15 is 0 Å². The molecular formula is C36H42Cl2O2. The number of carbonyl (C=O) groups excluding carboxylic acids is 2. The third-order valence-corrected chi connectivity index (χ3v) is 10.9. The summed E-state index contributed by atoms with van der Waals surface area (Å²) in [6.45, 7) is 4.38. The van der Waals surface area contributed by atoms with E-state index in [4.69, 9.17) is 23.2 Å². The Kier molecular flexibility index (Phi) is 9.08. The van der Waals surface area contributed by atoms with Gasteiger partial charge in [-0.05, 0) is 122 Å². The molecule has 0 spiro atoms. The molecule has 40 heavy (non-hydrogen) atoms. The summed E-state index contributed by atoms with van der Waals surface area (Å²) >= 11 is 11.8. The lowest BCUT2D eigenvalue weighted by Gasteiger charge is -2.44. The van der Waals surface area contributed by atoms with Crippen LogP contribution in [0.25, 0.3) is 12.2 Å². The Hall–Kier alpha value is -2.16. The first-order valence-electron chi connectivity index (χ1n) is 15.2. The van der Waals surface area contributed by atoms with Crippen LogP contribution in [0.3, 0.4) is 0 Å². The SMILES string of the molecule is CC12CCCCC1CCC(=Cc1ccc(Cl)cc1)C2=O.CC12CCCCC1CCC(=Cc1ccc(Cl)cc1)C2=O. The smallest absolute Gasteiger partial charge is 0.165 e. The van der Waals surface area contributed by atoms with Crippen LogP contribution in [-0.4, -0.2) is 11.6 Å². The summed E-state index contributed by atoms with van der Waals surface area (Å²) in [6.07, 6.45) is 17.9. The third kappa shape index (κ3) is 6.19. The van der Waals surface area contributed by atoms with Gasteiger partial charge < -0.3 is 0 Å². The van der Waals surface area contributed by atoms with E-state index < -0.39 is 0 Å². The number of hydrogen-bond donors (Lipinski definition) is 0. The highest BCUT2D eigenvalue weighted by molar-refractivity contribution is 6.30. The summed E-state index contributed by atoms with van der Waals surface area (Å²) in [4.78, 5) is 25.7. The van der Waals surface area contributed by atoms with Crippen LogP contribution in [0.5, 0.6) is 0 Å². The van der Waals surface area contributed by atoms with Crippen molar-refractivity contribution in [3.8, 4) is 0 Å². The Labute approximate surface area is 250 Å². The van der Waals surface area contributed by atoms with Gasteiger partial charge in [0.15, 0.2) is 11.6 Å². The third-order valence-electron chi connectivity index (χ3n) is 10.4. The Morgan fingerprint density at radius 2 is 0.975 bits per heavy atom. The lowest BCUT2D eigenvalue weighted by Crippen LogP contribution is -2.42. The zero-order valence-electron chi connectivity index (χ0n) is 24.0. The fourth-order valence-electron chi connectivity index (χ4n) is 7.75. The van der Waals surface area contributed by atoms with Gasteiger partial charge in [0.1, 0.15) is 0 Å². The van der Waals surface area contributed by atoms with Crippen LogP contribution < -0.4 is 0 Å². The van der Waals surface area contributed by atoms with Crippen molar-refractivity contribution in [3.63, 3.8) is 0 Å². The highest BCUT2D eigenvalue weighted by atomic mass is 35.5. The molecule has 4 heteroatoms. The molecule has 0 heterocycles. The summed E-state index contributed by atoms with van der Waals surface area (Å²) in [5.41, 5.74) is 3.97. The molecule has 4 aliphatic carbocycles. The molecule has 0 aliphatic heterocycles. The summed E-state index contributed by atoms with van der Waals surface area (Å²) in [6, 6.07) is 15.5. The fourth-order valence-corrected chi connectivity index (χ4v) is 8.00. The summed E-state index contributed by atoms with van der Waals surface area (Å²) < 4.78 is 0. The maximum Gasteiger partial charge on any atom is 0.165 e. The number of hydrogen-bond acceptors (Lipinski definition) is 2. The lowest BCUT2D eigenvalue weighted by atomic mass is 9.58. The van der Waals surface area contributed by atoms with Crippen LogP contribution in [0.15, 0.2) is 59.7 Å². The van der Waals surface area contributed by atoms with Crippen molar-refractivity contribution in [2.24, 2.45) is 22.7 Å². The number of halogens is 2. The molecule has 6 rings (SSSR count). The van der Waals surface area contributed by atoms with Gasteiger partial charge in [-0.1, -0.05) is 87.0 Å². The average Bonchev–Trinajstić information content (AvgIpc) is 2.95. The molecular weight excluding hydrogens is 535 g/mol. The molecule has 4 unspecified atom stereocenters. The first-order valence-corrected chi connectivity index (χ1v) is 16.0. The number of benzene rings is 2. The minimum atomic E-state index is -0.102. The van der Waals surface area contributed by atoms with Crippen LogP contribution in [0.4, 0.5) is 0 Å². The quantitative estimate of drug-likeness (QED) is 0.333. The van der Waals surface area contributed by atoms with Crippen LogP contribution in [0.1, 0.15) is 102 Å². The number of allylic oxidation sites excluding steroid dienone is 2. The molecule has 4 saturated carbocycles. The molecule has 4 fully saturated rings. The van der Waals surface area contributed by atoms with Crippen LogP contribution in [-0.2, 0) is 9.59 Å². The van der Waals surface area contributed by atoms with Gasteiger partial charge in [-0.2, -0.15) is 0 Å². The van der Waals surface area contributed by atoms with Gasteiger partial charge in [0.2, 0.25) is 0 Å². The predicted octanol–water partition coefficient (Wildman–Crippen LogP) is 10.6. The molecule has 0 saturated heterocycles. The van der Waals surface area contributed by atoms with Gasteiger partial charge in [-0.25, -0.2) is 0 Å². The van der Waals surface area contributed by atoms with Crippen molar-refractivity contribution in [2.45, 2.75) is 90.9 Å². The van der Waals surface area contributed by atoms with Gasteiger partial charge in [-0.15, -0.1) is 0 Å². The fraction of sp³-hybridized carbons (Fsp3) is 0.500. The van der Waals surface area contributed by atoms with Crippen molar-refractivity contribution >= 4 is 46.9 Å². The minimum Gasteiger partial charge on any atom is -0.294 e. The molecule has 4 atom stereocenters. The first-order chi connectivity index (χ1) is 19.2. The minimum absolute atomic E-state index is 0.102. The van der Waals surface area contributed by atoms with Gasteiger partial charge in [0.05, 0.1) is 0 Å². The van der Waals surface area contributed by atoms with Crippen molar-refractivity contribution in [1.29, 1.82) is 0 Å². The largest absolute Gasteiger partial charge is 0.294 e. The van der Waals surface area contributed by atoms with Gasteiger partial charge in [-0.3, -0.25) is 9.59 Å². The monoisotopic (exact) mass is 576 g/mol. The Morgan fingerprint density at radius 1 is 0.600 bits per heavy atom. The standard InChI is InChI=1S/2C18H21ClO/c2*1-18-11-3-2-4-15(18)8-7-14(17(18)20)12-13-5-9-16(19)10-6-13/h2*5-6,9-10,12,15H,2-4,7-8,11H2,1H3. The molecule has 0 N–H and O–H groups in total. The van der Waals surface area contributed by atoms with E-state index in [1.807, 2.05) is 48.5 Å². The van der Waals surface area contributed by atoms with Crippen LogP contribution in [0.2, 0.25) is 10.0 Å². The summed E-state index contributed by atoms with van der Waals surface area (Å²) in [5.74, 6) is 1.99. The number of rotatable bonds is 2. The molecule has 212 valence electrons. The average molecular weight is 578 g/mol. The van der Waals surface area contributed by atoms with Crippen LogP contribution in [0, 0.1) is 22.7 Å². The summed E-state index contributed by atoms with van der Waals surface area (Å²) in [7, 11) is 0. The number of ketones is 2. The van der Waals surface area contributed by atoms with Crippen molar-refractivity contribution < 1.29 is 9.59 Å². The van der Waals surface area contributed by atoms with E-state index in [0.717, 1.165) is 58.0 Å². The van der Waals surface area contributed by atoms with E-state index in [9.17, 15) is 9.59 Å². The number of fused-ring (bicyclic) bond motifs is 2. The highest BCUT2D eigenvalue weighted by Crippen LogP contribution is 2.51. The highest BCUT2D eigenvalue weighted by Gasteiger charge is 2.47. The number of Topliss-reactive ketones (excluding diaryl/α,β-unsaturated/α-hetero) is 2. The zero-order chi connectivity index (χ0) is 28.3. The second kappa shape index (κ2) is 12.4. The molecule has 0 amide bonds. The molecule has 2 aromatic rings. The summed E-state index contributed by atoms with van der Waals surface area (Å²) in [5, 5.41) is 1.47. The molecule has 2 aromatic carbocycles. The first kappa shape index (κ1) is 29.3. The van der Waals surface area contributed by atoms with Gasteiger partial charge in [0.25, 0.3) is 0 Å². The van der Waals surface area contributed by atoms with E-state index in [1.54, 1.807) is 0 Å². The Morgan fingerprint density at radius 3 is 1.35 bits per heavy atom. The Balaban J connectivity index is 0.000000161. The normalized spacial score (nSPS) is 32.2. The predicted molar refractivity (Wildman–Crippen MR) is 167 cm³/mol. The second-order valence-corrected chi connectivity index (χ2v) is 13.8. The molecule has 0 radical (unpaired) electrons. The van der Waals surface area contributed by atoms with E-state index in [-0.39, 0.29) is 10.8 Å². The molecule has 2 nitrogen and oxygen atoms in total. The van der Waals surface area contributed by atoms with Crippen molar-refractivity contribution in [2.75, 3.05) is 0 Å². The maximum atomic E-state index is 12.9. The number of carbonyl (C=O) groups is 2. The van der Waals surface area contributed by atoms with Gasteiger partial charge in [0, 0.05) is 20.9 Å². The van der Waals surface area contributed by atoms with Crippen molar-refractivity contribution in [3.05, 3.63) is 80.8 Å². The van der Waals surface area contributed by atoms with Gasteiger partial charge >= 0.3 is 0 Å².